The number of ether oxygens (including phenoxy) is 1. The molecule has 1 unspecified atom stereocenters. The smallest absolute Gasteiger partial charge is 0.493 e. The number of furan rings is 1. The minimum absolute atomic E-state index is 0.127. The van der Waals surface area contributed by atoms with Gasteiger partial charge in [-0.1, -0.05) is 32.0 Å². The van der Waals surface area contributed by atoms with Crippen molar-refractivity contribution in [3.63, 3.8) is 0 Å². The van der Waals surface area contributed by atoms with Gasteiger partial charge in [0.2, 0.25) is 0 Å². The van der Waals surface area contributed by atoms with E-state index in [1.54, 1.807) is 12.3 Å². The first-order chi connectivity index (χ1) is 16.9. The van der Waals surface area contributed by atoms with E-state index in [9.17, 15) is 8.96 Å². The SMILES string of the molecule is CC(C)Cc1ccc(CCCOc2ccc(CNCCCO[P+](=O)O)cc2-c2ccco2)cc1F. The van der Waals surface area contributed by atoms with Crippen LogP contribution >= 0.6 is 8.25 Å². The maximum atomic E-state index is 14.3. The predicted octanol–water partition coefficient (Wildman–Crippen LogP) is 6.44. The number of aryl methyl sites for hydroxylation is 1. The lowest BCUT2D eigenvalue weighted by molar-refractivity contribution is 0.276. The molecule has 2 N–H and O–H groups in total. The fraction of sp³-hybridized carbons (Fsp3) is 0.407. The van der Waals surface area contributed by atoms with Crippen molar-refractivity contribution in [1.29, 1.82) is 0 Å². The van der Waals surface area contributed by atoms with Gasteiger partial charge in [0.1, 0.15) is 23.9 Å². The molecule has 8 heteroatoms. The molecular formula is C27H34FNO5P+. The summed E-state index contributed by atoms with van der Waals surface area (Å²) in [4.78, 5) is 8.65. The van der Waals surface area contributed by atoms with Crippen LogP contribution in [-0.2, 0) is 28.5 Å². The minimum Gasteiger partial charge on any atom is -0.493 e. The molecule has 1 atom stereocenters. The maximum Gasteiger partial charge on any atom is 0.694 e. The summed E-state index contributed by atoms with van der Waals surface area (Å²) in [5.74, 6) is 1.76. The molecule has 3 aromatic rings. The number of halogens is 1. The fourth-order valence-electron chi connectivity index (χ4n) is 3.82. The molecule has 188 valence electrons. The Bertz CT molecular complexity index is 1070. The van der Waals surface area contributed by atoms with Crippen molar-refractivity contribution >= 4 is 8.25 Å². The van der Waals surface area contributed by atoms with Crippen LogP contribution in [0.25, 0.3) is 11.3 Å². The van der Waals surface area contributed by atoms with Crippen LogP contribution in [0.2, 0.25) is 0 Å². The van der Waals surface area contributed by atoms with Crippen molar-refractivity contribution in [3.05, 3.63) is 77.3 Å². The molecular weight excluding hydrogens is 468 g/mol. The monoisotopic (exact) mass is 502 g/mol. The van der Waals surface area contributed by atoms with Gasteiger partial charge in [0.25, 0.3) is 0 Å². The lowest BCUT2D eigenvalue weighted by Gasteiger charge is -2.13. The Morgan fingerprint density at radius 1 is 1.09 bits per heavy atom. The number of rotatable bonds is 15. The second-order valence-electron chi connectivity index (χ2n) is 8.88. The summed E-state index contributed by atoms with van der Waals surface area (Å²) in [6, 6.07) is 15.3. The highest BCUT2D eigenvalue weighted by molar-refractivity contribution is 7.32. The molecule has 0 saturated carbocycles. The largest absolute Gasteiger partial charge is 0.694 e. The van der Waals surface area contributed by atoms with Gasteiger partial charge in [-0.3, -0.25) is 0 Å². The quantitative estimate of drug-likeness (QED) is 0.184. The van der Waals surface area contributed by atoms with Crippen LogP contribution < -0.4 is 10.1 Å². The van der Waals surface area contributed by atoms with Gasteiger partial charge < -0.3 is 14.5 Å². The van der Waals surface area contributed by atoms with E-state index in [1.807, 2.05) is 42.5 Å². The lowest BCUT2D eigenvalue weighted by Crippen LogP contribution is -2.16. The summed E-state index contributed by atoms with van der Waals surface area (Å²) in [6.07, 6.45) is 4.53. The van der Waals surface area contributed by atoms with Gasteiger partial charge in [-0.25, -0.2) is 4.39 Å². The van der Waals surface area contributed by atoms with Gasteiger partial charge in [0.15, 0.2) is 0 Å². The van der Waals surface area contributed by atoms with Crippen molar-refractivity contribution in [2.24, 2.45) is 5.92 Å². The van der Waals surface area contributed by atoms with Gasteiger partial charge >= 0.3 is 8.25 Å². The Labute approximate surface area is 207 Å². The Morgan fingerprint density at radius 3 is 2.63 bits per heavy atom. The highest BCUT2D eigenvalue weighted by Gasteiger charge is 2.12. The van der Waals surface area contributed by atoms with Crippen LogP contribution in [0, 0.1) is 11.7 Å². The van der Waals surface area contributed by atoms with Crippen LogP contribution in [0.1, 0.15) is 43.4 Å². The van der Waals surface area contributed by atoms with Gasteiger partial charge in [-0.2, -0.15) is 0 Å². The molecule has 2 aromatic carbocycles. The van der Waals surface area contributed by atoms with Gasteiger partial charge in [-0.15, -0.1) is 9.42 Å². The third-order valence-corrected chi connectivity index (χ3v) is 5.88. The summed E-state index contributed by atoms with van der Waals surface area (Å²) in [5, 5.41) is 3.30. The minimum atomic E-state index is -2.54. The van der Waals surface area contributed by atoms with Crippen LogP contribution in [-0.4, -0.2) is 24.7 Å². The van der Waals surface area contributed by atoms with Gasteiger partial charge in [0.05, 0.1) is 18.4 Å². The molecule has 0 radical (unpaired) electrons. The van der Waals surface area contributed by atoms with Crippen molar-refractivity contribution in [3.8, 4) is 17.1 Å². The average molecular weight is 503 g/mol. The van der Waals surface area contributed by atoms with E-state index in [4.69, 9.17) is 14.0 Å². The molecule has 0 saturated heterocycles. The maximum absolute atomic E-state index is 14.3. The standard InChI is InChI=1S/C27H33FNO5P/c1-20(2)16-23-10-8-21(18-25(23)28)6-3-13-33-27-11-9-22(17-24(27)26-7-4-14-32-26)19-29-12-5-15-34-35(30)31/h4,7-11,14,17-18,20,29H,3,5-6,12-13,15-16,19H2,1-2H3/p+1. The number of benzene rings is 2. The van der Waals surface area contributed by atoms with Crippen LogP contribution in [0.15, 0.2) is 59.2 Å². The summed E-state index contributed by atoms with van der Waals surface area (Å²) < 4.78 is 41.2. The molecule has 0 aliphatic heterocycles. The Balaban J connectivity index is 1.53. The zero-order valence-electron chi connectivity index (χ0n) is 20.3. The third-order valence-electron chi connectivity index (χ3n) is 5.47. The normalized spacial score (nSPS) is 11.7. The fourth-order valence-corrected chi connectivity index (χ4v) is 4.11. The Kier molecular flexibility index (Phi) is 10.9. The first kappa shape index (κ1) is 27.0. The van der Waals surface area contributed by atoms with Crippen molar-refractivity contribution in [1.82, 2.24) is 5.32 Å². The number of hydrogen-bond acceptors (Lipinski definition) is 5. The molecule has 35 heavy (non-hydrogen) atoms. The topological polar surface area (TPSA) is 80.9 Å². The molecule has 1 heterocycles. The average Bonchev–Trinajstić information content (AvgIpc) is 3.35. The van der Waals surface area contributed by atoms with Crippen LogP contribution in [0.4, 0.5) is 4.39 Å². The van der Waals surface area contributed by atoms with Crippen molar-refractivity contribution in [2.45, 2.75) is 46.1 Å². The number of nitrogens with one attached hydrogen (secondary N) is 1. The highest BCUT2D eigenvalue weighted by atomic mass is 31.1. The van der Waals surface area contributed by atoms with Crippen molar-refractivity contribution in [2.75, 3.05) is 19.8 Å². The highest BCUT2D eigenvalue weighted by Crippen LogP contribution is 2.32. The van der Waals surface area contributed by atoms with E-state index in [1.165, 1.54) is 0 Å². The Morgan fingerprint density at radius 2 is 1.91 bits per heavy atom. The summed E-state index contributed by atoms with van der Waals surface area (Å²) >= 11 is 0. The molecule has 0 fully saturated rings. The molecule has 0 amide bonds. The molecule has 0 aliphatic rings. The summed E-state index contributed by atoms with van der Waals surface area (Å²) in [6.45, 7) is 6.22. The Hall–Kier alpha value is -2.57. The third kappa shape index (κ3) is 9.19. The van der Waals surface area contributed by atoms with Gasteiger partial charge in [-0.05, 0) is 85.2 Å². The molecule has 1 aromatic heterocycles. The van der Waals surface area contributed by atoms with Crippen LogP contribution in [0.3, 0.4) is 0 Å². The second-order valence-corrected chi connectivity index (χ2v) is 9.62. The van der Waals surface area contributed by atoms with E-state index < -0.39 is 8.25 Å². The van der Waals surface area contributed by atoms with Crippen molar-refractivity contribution < 1.29 is 27.5 Å². The summed E-state index contributed by atoms with van der Waals surface area (Å²) in [5.41, 5.74) is 3.68. The predicted molar refractivity (Wildman–Crippen MR) is 135 cm³/mol. The second kappa shape index (κ2) is 14.1. The molecule has 0 spiro atoms. The zero-order chi connectivity index (χ0) is 25.0. The van der Waals surface area contributed by atoms with Gasteiger partial charge in [0, 0.05) is 11.1 Å². The molecule has 6 nitrogen and oxygen atoms in total. The van der Waals surface area contributed by atoms with E-state index in [0.29, 0.717) is 32.0 Å². The van der Waals surface area contributed by atoms with Crippen LogP contribution in [0.5, 0.6) is 5.75 Å². The number of hydrogen-bond donors (Lipinski definition) is 2. The summed E-state index contributed by atoms with van der Waals surface area (Å²) in [7, 11) is -2.54. The molecule has 3 rings (SSSR count). The first-order valence-electron chi connectivity index (χ1n) is 12.0. The van der Waals surface area contributed by atoms with E-state index in [2.05, 4.69) is 23.7 Å². The van der Waals surface area contributed by atoms with E-state index in [0.717, 1.165) is 53.0 Å². The van der Waals surface area contributed by atoms with E-state index in [-0.39, 0.29) is 12.4 Å². The zero-order valence-corrected chi connectivity index (χ0v) is 21.2. The molecule has 0 aliphatic carbocycles. The molecule has 0 bridgehead atoms. The lowest BCUT2D eigenvalue weighted by atomic mass is 10.00. The first-order valence-corrected chi connectivity index (χ1v) is 13.1. The van der Waals surface area contributed by atoms with E-state index >= 15 is 0 Å².